The standard InChI is InChI=1S/C17H13BrN2O3/c18-12-2-1-3-13(10-12)19-17(23)11-4-6-14(7-5-11)20-15(21)8-9-16(20)22/h1-7,10H,8-9H2,(H,19,23). The number of amides is 3. The van der Waals surface area contributed by atoms with E-state index in [-0.39, 0.29) is 30.6 Å². The number of anilines is 2. The van der Waals surface area contributed by atoms with E-state index >= 15 is 0 Å². The second-order valence-electron chi connectivity index (χ2n) is 5.13. The van der Waals surface area contributed by atoms with Gasteiger partial charge in [0.1, 0.15) is 0 Å². The van der Waals surface area contributed by atoms with E-state index < -0.39 is 0 Å². The van der Waals surface area contributed by atoms with Crippen molar-refractivity contribution in [3.63, 3.8) is 0 Å². The van der Waals surface area contributed by atoms with E-state index in [1.807, 2.05) is 12.1 Å². The normalized spacial score (nSPS) is 14.2. The highest BCUT2D eigenvalue weighted by atomic mass is 79.9. The highest BCUT2D eigenvalue weighted by Gasteiger charge is 2.30. The van der Waals surface area contributed by atoms with Crippen LogP contribution in [0, 0.1) is 0 Å². The SMILES string of the molecule is O=C(Nc1cccc(Br)c1)c1ccc(N2C(=O)CCC2=O)cc1. The Hall–Kier alpha value is -2.47. The van der Waals surface area contributed by atoms with E-state index in [0.29, 0.717) is 16.9 Å². The minimum atomic E-state index is -0.256. The summed E-state index contributed by atoms with van der Waals surface area (Å²) in [5.41, 5.74) is 1.63. The van der Waals surface area contributed by atoms with Crippen LogP contribution in [0.5, 0.6) is 0 Å². The van der Waals surface area contributed by atoms with Crippen molar-refractivity contribution < 1.29 is 14.4 Å². The molecule has 0 saturated carbocycles. The van der Waals surface area contributed by atoms with Crippen LogP contribution in [0.4, 0.5) is 11.4 Å². The van der Waals surface area contributed by atoms with Crippen LogP contribution in [0.2, 0.25) is 0 Å². The van der Waals surface area contributed by atoms with Crippen molar-refractivity contribution >= 4 is 45.0 Å². The van der Waals surface area contributed by atoms with Gasteiger partial charge in [-0.15, -0.1) is 0 Å². The number of hydrogen-bond donors (Lipinski definition) is 1. The first-order valence-corrected chi connectivity index (χ1v) is 7.87. The maximum Gasteiger partial charge on any atom is 0.255 e. The van der Waals surface area contributed by atoms with Gasteiger partial charge < -0.3 is 5.32 Å². The molecule has 0 aliphatic carbocycles. The molecule has 2 aromatic rings. The Kier molecular flexibility index (Phi) is 4.25. The molecule has 1 heterocycles. The molecular formula is C17H13BrN2O3. The van der Waals surface area contributed by atoms with Gasteiger partial charge in [0.05, 0.1) is 5.69 Å². The lowest BCUT2D eigenvalue weighted by Crippen LogP contribution is -2.28. The summed E-state index contributed by atoms with van der Waals surface area (Å²) in [5.74, 6) is -0.670. The second-order valence-corrected chi connectivity index (χ2v) is 6.05. The van der Waals surface area contributed by atoms with Crippen molar-refractivity contribution in [2.45, 2.75) is 12.8 Å². The summed E-state index contributed by atoms with van der Waals surface area (Å²) < 4.78 is 0.872. The maximum atomic E-state index is 12.2. The molecule has 0 unspecified atom stereocenters. The van der Waals surface area contributed by atoms with Gasteiger partial charge in [0.2, 0.25) is 11.8 Å². The van der Waals surface area contributed by atoms with Gasteiger partial charge >= 0.3 is 0 Å². The molecule has 1 aliphatic heterocycles. The van der Waals surface area contributed by atoms with Gasteiger partial charge in [-0.2, -0.15) is 0 Å². The number of halogens is 1. The fourth-order valence-corrected chi connectivity index (χ4v) is 2.80. The molecule has 3 rings (SSSR count). The van der Waals surface area contributed by atoms with Crippen molar-refractivity contribution in [2.24, 2.45) is 0 Å². The predicted octanol–water partition coefficient (Wildman–Crippen LogP) is 3.35. The number of imide groups is 1. The van der Waals surface area contributed by atoms with E-state index in [2.05, 4.69) is 21.2 Å². The molecule has 0 atom stereocenters. The first-order chi connectivity index (χ1) is 11.0. The lowest BCUT2D eigenvalue weighted by molar-refractivity contribution is -0.121. The van der Waals surface area contributed by atoms with Gasteiger partial charge in [-0.3, -0.25) is 19.3 Å². The highest BCUT2D eigenvalue weighted by Crippen LogP contribution is 2.23. The van der Waals surface area contributed by atoms with Gasteiger partial charge in [-0.1, -0.05) is 22.0 Å². The van der Waals surface area contributed by atoms with Gasteiger partial charge in [0, 0.05) is 28.6 Å². The maximum absolute atomic E-state index is 12.2. The molecule has 0 bridgehead atoms. The van der Waals surface area contributed by atoms with Crippen molar-refractivity contribution in [1.29, 1.82) is 0 Å². The van der Waals surface area contributed by atoms with Crippen molar-refractivity contribution in [2.75, 3.05) is 10.2 Å². The van der Waals surface area contributed by atoms with E-state index in [1.165, 1.54) is 0 Å². The minimum Gasteiger partial charge on any atom is -0.322 e. The average molecular weight is 373 g/mol. The van der Waals surface area contributed by atoms with E-state index in [4.69, 9.17) is 0 Å². The molecule has 5 nitrogen and oxygen atoms in total. The van der Waals surface area contributed by atoms with Crippen LogP contribution >= 0.6 is 15.9 Å². The van der Waals surface area contributed by atoms with Crippen LogP contribution in [0.1, 0.15) is 23.2 Å². The average Bonchev–Trinajstić information content (AvgIpc) is 2.86. The smallest absolute Gasteiger partial charge is 0.255 e. The van der Waals surface area contributed by atoms with Crippen LogP contribution in [-0.4, -0.2) is 17.7 Å². The van der Waals surface area contributed by atoms with Crippen LogP contribution in [0.15, 0.2) is 53.0 Å². The van der Waals surface area contributed by atoms with Gasteiger partial charge in [0.25, 0.3) is 5.91 Å². The van der Waals surface area contributed by atoms with Crippen LogP contribution in [0.25, 0.3) is 0 Å². The Morgan fingerprint density at radius 1 is 1.00 bits per heavy atom. The number of nitrogens with one attached hydrogen (secondary N) is 1. The fraction of sp³-hybridized carbons (Fsp3) is 0.118. The number of nitrogens with zero attached hydrogens (tertiary/aromatic N) is 1. The van der Waals surface area contributed by atoms with Crippen molar-refractivity contribution in [3.8, 4) is 0 Å². The molecule has 6 heteroatoms. The second kappa shape index (κ2) is 6.34. The van der Waals surface area contributed by atoms with Gasteiger partial charge in [-0.05, 0) is 42.5 Å². The third kappa shape index (κ3) is 3.32. The Labute approximate surface area is 141 Å². The molecule has 1 fully saturated rings. The molecule has 1 aliphatic rings. The van der Waals surface area contributed by atoms with Crippen LogP contribution in [-0.2, 0) is 9.59 Å². The zero-order chi connectivity index (χ0) is 16.4. The molecule has 116 valence electrons. The Morgan fingerprint density at radius 2 is 1.65 bits per heavy atom. The highest BCUT2D eigenvalue weighted by molar-refractivity contribution is 9.10. The molecular weight excluding hydrogens is 360 g/mol. The van der Waals surface area contributed by atoms with Gasteiger partial charge in [-0.25, -0.2) is 0 Å². The molecule has 0 aromatic heterocycles. The summed E-state index contributed by atoms with van der Waals surface area (Å²) in [7, 11) is 0. The van der Waals surface area contributed by atoms with E-state index in [0.717, 1.165) is 9.37 Å². The minimum absolute atomic E-state index is 0.207. The zero-order valence-corrected chi connectivity index (χ0v) is 13.7. The van der Waals surface area contributed by atoms with E-state index in [9.17, 15) is 14.4 Å². The van der Waals surface area contributed by atoms with Gasteiger partial charge in [0.15, 0.2) is 0 Å². The molecule has 1 saturated heterocycles. The first-order valence-electron chi connectivity index (χ1n) is 7.07. The summed E-state index contributed by atoms with van der Waals surface area (Å²) >= 11 is 3.35. The quantitative estimate of drug-likeness (QED) is 0.840. The molecule has 2 aromatic carbocycles. The predicted molar refractivity (Wildman–Crippen MR) is 90.3 cm³/mol. The summed E-state index contributed by atoms with van der Waals surface area (Å²) in [6, 6.07) is 13.7. The lowest BCUT2D eigenvalue weighted by atomic mass is 10.1. The first kappa shape index (κ1) is 15.4. The summed E-state index contributed by atoms with van der Waals surface area (Å²) in [6.07, 6.45) is 0.480. The Morgan fingerprint density at radius 3 is 2.26 bits per heavy atom. The largest absolute Gasteiger partial charge is 0.322 e. The number of benzene rings is 2. The third-order valence-electron chi connectivity index (χ3n) is 3.52. The summed E-state index contributed by atoms with van der Waals surface area (Å²) in [5, 5.41) is 2.79. The zero-order valence-electron chi connectivity index (χ0n) is 12.1. The summed E-state index contributed by atoms with van der Waals surface area (Å²) in [4.78, 5) is 36.8. The topological polar surface area (TPSA) is 66.5 Å². The lowest BCUT2D eigenvalue weighted by Gasteiger charge is -2.14. The van der Waals surface area contributed by atoms with Crippen molar-refractivity contribution in [1.82, 2.24) is 0 Å². The molecule has 1 N–H and O–H groups in total. The molecule has 23 heavy (non-hydrogen) atoms. The number of carbonyl (C=O) groups is 3. The molecule has 3 amide bonds. The van der Waals surface area contributed by atoms with E-state index in [1.54, 1.807) is 36.4 Å². The Bertz CT molecular complexity index is 771. The molecule has 0 radical (unpaired) electrons. The third-order valence-corrected chi connectivity index (χ3v) is 4.01. The van der Waals surface area contributed by atoms with Crippen LogP contribution in [0.3, 0.4) is 0 Å². The number of rotatable bonds is 3. The number of hydrogen-bond acceptors (Lipinski definition) is 3. The monoisotopic (exact) mass is 372 g/mol. The number of carbonyl (C=O) groups excluding carboxylic acids is 3. The Balaban J connectivity index is 1.75. The summed E-state index contributed by atoms with van der Waals surface area (Å²) in [6.45, 7) is 0. The molecule has 0 spiro atoms. The fourth-order valence-electron chi connectivity index (χ4n) is 2.40. The van der Waals surface area contributed by atoms with Crippen molar-refractivity contribution in [3.05, 3.63) is 58.6 Å². The van der Waals surface area contributed by atoms with Crippen LogP contribution < -0.4 is 10.2 Å².